The predicted octanol–water partition coefficient (Wildman–Crippen LogP) is 0.581. The number of carbonyl (C=O) groups is 1. The van der Waals surface area contributed by atoms with Crippen LogP contribution in [0.25, 0.3) is 20.9 Å². The molecule has 0 saturated carbocycles. The van der Waals surface area contributed by atoms with Crippen molar-refractivity contribution in [3.05, 3.63) is 50.7 Å². The van der Waals surface area contributed by atoms with Gasteiger partial charge in [0.1, 0.15) is 29.9 Å². The predicted molar refractivity (Wildman–Crippen MR) is 133 cm³/mol. The van der Waals surface area contributed by atoms with E-state index in [0.717, 1.165) is 17.3 Å². The van der Waals surface area contributed by atoms with Gasteiger partial charge in [0.15, 0.2) is 0 Å². The number of hydrogen-bond acceptors (Lipinski definition) is 12. The first kappa shape index (κ1) is 30.9. The van der Waals surface area contributed by atoms with Gasteiger partial charge in [-0.1, -0.05) is 39.7 Å². The number of nitrogens with zero attached hydrogens (tertiary/aromatic N) is 6. The zero-order valence-corrected chi connectivity index (χ0v) is 21.7. The van der Waals surface area contributed by atoms with Gasteiger partial charge in [-0.15, -0.1) is 0 Å². The van der Waals surface area contributed by atoms with E-state index in [0.29, 0.717) is 4.90 Å². The number of aryl methyl sites for hydroxylation is 1. The first-order valence-corrected chi connectivity index (χ1v) is 12.7. The van der Waals surface area contributed by atoms with E-state index in [1.54, 1.807) is 12.1 Å². The maximum atomic E-state index is 12.5. The normalized spacial score (nSPS) is 36.2. The van der Waals surface area contributed by atoms with Crippen LogP contribution in [0.1, 0.15) is 18.9 Å². The maximum Gasteiger partial charge on any atom is 0.364 e. The highest BCUT2D eigenvalue weighted by Gasteiger charge is 2.58. The number of ether oxygens (including phenoxy) is 3. The van der Waals surface area contributed by atoms with E-state index in [1.807, 2.05) is 19.1 Å². The van der Waals surface area contributed by atoms with Crippen molar-refractivity contribution in [3.63, 3.8) is 0 Å². The van der Waals surface area contributed by atoms with Gasteiger partial charge < -0.3 is 44.8 Å². The Morgan fingerprint density at radius 2 is 1.90 bits per heavy atom. The quantitative estimate of drug-likeness (QED) is 0.129. The molecule has 214 valence electrons. The zero-order chi connectivity index (χ0) is 28.9. The van der Waals surface area contributed by atoms with Gasteiger partial charge in [-0.3, -0.25) is 0 Å². The van der Waals surface area contributed by atoms with Crippen LogP contribution in [0.4, 0.5) is 0 Å². The molecule has 0 amide bonds. The Balaban J connectivity index is 1.98. The largest absolute Gasteiger partial charge is 0.477 e. The number of aliphatic carboxylic acids is 1. The van der Waals surface area contributed by atoms with Crippen molar-refractivity contribution in [1.29, 1.82) is 0 Å². The minimum absolute atomic E-state index is 0.667. The summed E-state index contributed by atoms with van der Waals surface area (Å²) in [6.07, 6.45) is -12.1. The van der Waals surface area contributed by atoms with Gasteiger partial charge in [0.25, 0.3) is 5.79 Å². The highest BCUT2D eigenvalue weighted by atomic mass is 32.2. The fourth-order valence-corrected chi connectivity index (χ4v) is 5.50. The van der Waals surface area contributed by atoms with Crippen LogP contribution in [0.15, 0.2) is 39.4 Å². The summed E-state index contributed by atoms with van der Waals surface area (Å²) in [5.41, 5.74) is 17.8. The van der Waals surface area contributed by atoms with E-state index in [1.165, 1.54) is 6.92 Å². The lowest BCUT2D eigenvalue weighted by Crippen LogP contribution is -2.67. The Morgan fingerprint density at radius 1 is 1.23 bits per heavy atom. The number of aliphatic hydroxyl groups excluding tert-OH is 5. The van der Waals surface area contributed by atoms with E-state index < -0.39 is 85.0 Å². The summed E-state index contributed by atoms with van der Waals surface area (Å²) >= 11 is 1.04. The monoisotopic (exact) mass is 570 g/mol. The van der Waals surface area contributed by atoms with E-state index in [2.05, 4.69) is 20.1 Å². The molecule has 2 aliphatic rings. The van der Waals surface area contributed by atoms with E-state index >= 15 is 0 Å². The van der Waals surface area contributed by atoms with Gasteiger partial charge in [0, 0.05) is 21.1 Å². The van der Waals surface area contributed by atoms with Crippen molar-refractivity contribution < 1.29 is 49.6 Å². The van der Waals surface area contributed by atoms with E-state index in [9.17, 15) is 35.4 Å². The second-order valence-electron chi connectivity index (χ2n) is 9.26. The van der Waals surface area contributed by atoms with Gasteiger partial charge in [-0.2, -0.15) is 0 Å². The van der Waals surface area contributed by atoms with Gasteiger partial charge in [0.05, 0.1) is 37.0 Å². The highest BCUT2D eigenvalue weighted by Crippen LogP contribution is 2.41. The summed E-state index contributed by atoms with van der Waals surface area (Å²) in [5.74, 6) is -4.56. The Bertz CT molecular complexity index is 1080. The third-order valence-corrected chi connectivity index (χ3v) is 7.65. The third-order valence-electron chi connectivity index (χ3n) is 6.48. The van der Waals surface area contributed by atoms with Crippen LogP contribution in [0.3, 0.4) is 0 Å². The van der Waals surface area contributed by atoms with Crippen LogP contribution in [-0.2, 0) is 19.0 Å². The van der Waals surface area contributed by atoms with E-state index in [4.69, 9.17) is 25.3 Å². The lowest BCUT2D eigenvalue weighted by Gasteiger charge is -2.49. The van der Waals surface area contributed by atoms with Crippen molar-refractivity contribution in [2.24, 2.45) is 10.2 Å². The van der Waals surface area contributed by atoms with Gasteiger partial charge in [-0.05, 0) is 37.0 Å². The number of aliphatic hydroxyl groups is 5. The maximum absolute atomic E-state index is 12.5. The third kappa shape index (κ3) is 6.74. The Morgan fingerprint density at radius 3 is 2.44 bits per heavy atom. The summed E-state index contributed by atoms with van der Waals surface area (Å²) in [4.78, 5) is 18.4. The zero-order valence-electron chi connectivity index (χ0n) is 20.9. The molecular formula is C22H30N6O10S. The first-order chi connectivity index (χ1) is 18.5. The van der Waals surface area contributed by atoms with Crippen LogP contribution < -0.4 is 0 Å². The van der Waals surface area contributed by atoms with Crippen molar-refractivity contribution in [2.45, 2.75) is 91.2 Å². The summed E-state index contributed by atoms with van der Waals surface area (Å²) < 4.78 is 17.1. The number of carboxylic acids is 1. The molecule has 0 radical (unpaired) electrons. The molecule has 2 fully saturated rings. The van der Waals surface area contributed by atoms with Gasteiger partial charge in [0.2, 0.25) is 0 Å². The summed E-state index contributed by atoms with van der Waals surface area (Å²) in [5, 5.41) is 69.7. The molecule has 2 heterocycles. The molecule has 2 saturated heterocycles. The molecule has 0 bridgehead atoms. The van der Waals surface area contributed by atoms with Gasteiger partial charge in [-0.25, -0.2) is 4.79 Å². The van der Waals surface area contributed by atoms with Crippen LogP contribution in [-0.4, -0.2) is 109 Å². The van der Waals surface area contributed by atoms with Crippen LogP contribution in [0.2, 0.25) is 0 Å². The average Bonchev–Trinajstić information content (AvgIpc) is 2.89. The minimum Gasteiger partial charge on any atom is -0.477 e. The van der Waals surface area contributed by atoms with Crippen molar-refractivity contribution in [1.82, 2.24) is 0 Å². The number of benzene rings is 1. The molecule has 39 heavy (non-hydrogen) atoms. The molecule has 6 N–H and O–H groups in total. The standard InChI is InChI=1S/C22H30N6O10S/c1-9-3-5-11(6-4-9)39-20-17(33)19(16(32)13(8-29)36-20)38-22(21(34)35)7-12(31)15(26-28-24)18(37-22)14(10(2)30)25-27-23/h3-6,10,12-20,29-33H,7-8H2,1-2H3,(H,34,35)/t10-,12?,13?,14?,15?,16+,17?,18?,19?,20+,22+/m1/s1. The van der Waals surface area contributed by atoms with E-state index in [-0.39, 0.29) is 0 Å². The number of carboxylic acid groups (broad SMARTS) is 1. The molecule has 11 atom stereocenters. The molecular weight excluding hydrogens is 540 g/mol. The minimum atomic E-state index is -2.77. The first-order valence-electron chi connectivity index (χ1n) is 11.9. The topological polar surface area (TPSA) is 264 Å². The number of azide groups is 2. The highest BCUT2D eigenvalue weighted by molar-refractivity contribution is 7.99. The molecule has 16 nitrogen and oxygen atoms in total. The summed E-state index contributed by atoms with van der Waals surface area (Å²) in [7, 11) is 0. The molecule has 7 unspecified atom stereocenters. The van der Waals surface area contributed by atoms with Crippen LogP contribution >= 0.6 is 11.8 Å². The number of rotatable bonds is 10. The van der Waals surface area contributed by atoms with Crippen LogP contribution in [0.5, 0.6) is 0 Å². The Labute approximate surface area is 226 Å². The van der Waals surface area contributed by atoms with Crippen molar-refractivity contribution >= 4 is 17.7 Å². The molecule has 0 aromatic heterocycles. The van der Waals surface area contributed by atoms with Crippen molar-refractivity contribution in [2.75, 3.05) is 6.61 Å². The SMILES string of the molecule is Cc1ccc(S[C@@H]2OC(CO)[C@H](O)C(O[C@]3(C(=O)O)CC(O)C(N=[N+]=[N-])C(C(N=[N+]=[N-])[C@@H](C)O)O3)C2O)cc1. The second-order valence-corrected chi connectivity index (χ2v) is 10.4. The molecule has 1 aromatic carbocycles. The second kappa shape index (κ2) is 13.1. The molecule has 3 rings (SSSR count). The van der Waals surface area contributed by atoms with Crippen LogP contribution in [0, 0.1) is 6.92 Å². The van der Waals surface area contributed by atoms with Crippen molar-refractivity contribution in [3.8, 4) is 0 Å². The fraction of sp³-hybridized carbons (Fsp3) is 0.682. The molecule has 0 aliphatic carbocycles. The Hall–Kier alpha value is -2.66. The van der Waals surface area contributed by atoms with Gasteiger partial charge >= 0.3 is 5.97 Å². The number of hydrogen-bond donors (Lipinski definition) is 6. The Kier molecular flexibility index (Phi) is 10.4. The lowest BCUT2D eigenvalue weighted by molar-refractivity contribution is -0.341. The fourth-order valence-electron chi connectivity index (χ4n) is 4.45. The average molecular weight is 571 g/mol. The molecule has 2 aliphatic heterocycles. The molecule has 1 aromatic rings. The number of thioether (sulfide) groups is 1. The molecule has 17 heteroatoms. The summed E-state index contributed by atoms with van der Waals surface area (Å²) in [6, 6.07) is 4.15. The smallest absolute Gasteiger partial charge is 0.364 e. The molecule has 0 spiro atoms. The summed E-state index contributed by atoms with van der Waals surface area (Å²) in [6.45, 7) is 2.39. The lowest BCUT2D eigenvalue weighted by atomic mass is 9.88.